The van der Waals surface area contributed by atoms with Crippen LogP contribution in [0.4, 0.5) is 11.4 Å². The van der Waals surface area contributed by atoms with E-state index in [4.69, 9.17) is 4.74 Å². The van der Waals surface area contributed by atoms with E-state index in [2.05, 4.69) is 43.9 Å². The van der Waals surface area contributed by atoms with E-state index >= 15 is 0 Å². The molecule has 0 aliphatic carbocycles. The van der Waals surface area contributed by atoms with Crippen LogP contribution in [-0.2, 0) is 10.2 Å². The number of ketones is 1. The summed E-state index contributed by atoms with van der Waals surface area (Å²) in [5.74, 6) is 0.571. The minimum Gasteiger partial charge on any atom is -0.467 e. The largest absolute Gasteiger partial charge is 0.467 e. The van der Waals surface area contributed by atoms with Crippen LogP contribution in [0.3, 0.4) is 0 Å². The Morgan fingerprint density at radius 1 is 1.25 bits per heavy atom. The number of carbonyl (C=O) groups is 1. The number of fused-ring (bicyclic) bond motifs is 5. The van der Waals surface area contributed by atoms with Crippen molar-refractivity contribution in [2.24, 2.45) is 0 Å². The number of nitro benzene ring substituents is 1. The molecule has 28 heavy (non-hydrogen) atoms. The van der Waals surface area contributed by atoms with Crippen LogP contribution in [-0.4, -0.2) is 22.5 Å². The average molecular weight is 378 g/mol. The van der Waals surface area contributed by atoms with Gasteiger partial charge in [0.15, 0.2) is 11.5 Å². The van der Waals surface area contributed by atoms with Crippen molar-refractivity contribution in [2.45, 2.75) is 57.2 Å². The fourth-order valence-electron chi connectivity index (χ4n) is 5.56. The molecule has 0 aromatic heterocycles. The van der Waals surface area contributed by atoms with Crippen molar-refractivity contribution in [3.05, 3.63) is 63.2 Å². The summed E-state index contributed by atoms with van der Waals surface area (Å²) in [6.45, 7) is 8.01. The molecule has 0 N–H and O–H groups in total. The maximum atomic E-state index is 12.8. The Balaban J connectivity index is 1.77. The Kier molecular flexibility index (Phi) is 3.15. The Morgan fingerprint density at radius 2 is 2.00 bits per heavy atom. The first-order chi connectivity index (χ1) is 13.2. The van der Waals surface area contributed by atoms with Crippen LogP contribution in [0.15, 0.2) is 36.4 Å². The Hall–Kier alpha value is -2.89. The first-order valence-electron chi connectivity index (χ1n) is 9.56. The van der Waals surface area contributed by atoms with Crippen molar-refractivity contribution in [1.82, 2.24) is 0 Å². The summed E-state index contributed by atoms with van der Waals surface area (Å²) in [4.78, 5) is 25.9. The normalized spacial score (nSPS) is 28.2. The zero-order valence-electron chi connectivity index (χ0n) is 16.4. The molecule has 1 saturated heterocycles. The lowest BCUT2D eigenvalue weighted by Gasteiger charge is -2.45. The summed E-state index contributed by atoms with van der Waals surface area (Å²) in [6.07, 6.45) is 0.631. The lowest BCUT2D eigenvalue weighted by Crippen LogP contribution is -2.58. The van der Waals surface area contributed by atoms with Gasteiger partial charge < -0.3 is 9.64 Å². The molecular formula is C22H22N2O4. The molecule has 6 heteroatoms. The highest BCUT2D eigenvalue weighted by molar-refractivity contribution is 5.90. The minimum atomic E-state index is -0.673. The van der Waals surface area contributed by atoms with Crippen LogP contribution in [0.1, 0.15) is 49.8 Å². The molecule has 144 valence electrons. The van der Waals surface area contributed by atoms with E-state index in [-0.39, 0.29) is 22.8 Å². The second-order valence-corrected chi connectivity index (χ2v) is 8.75. The first kappa shape index (κ1) is 17.2. The second-order valence-electron chi connectivity index (χ2n) is 8.75. The van der Waals surface area contributed by atoms with Crippen molar-refractivity contribution in [1.29, 1.82) is 0 Å². The molecule has 0 radical (unpaired) electrons. The van der Waals surface area contributed by atoms with Crippen molar-refractivity contribution in [2.75, 3.05) is 4.90 Å². The summed E-state index contributed by atoms with van der Waals surface area (Å²) < 4.78 is 6.64. The molecule has 0 saturated carbocycles. The highest BCUT2D eigenvalue weighted by Gasteiger charge is 2.69. The summed E-state index contributed by atoms with van der Waals surface area (Å²) in [5.41, 5.74) is 3.17. The number of rotatable bonds is 2. The molecular weight excluding hydrogens is 356 g/mol. The molecule has 2 bridgehead atoms. The van der Waals surface area contributed by atoms with Gasteiger partial charge >= 0.3 is 0 Å². The summed E-state index contributed by atoms with van der Waals surface area (Å²) >= 11 is 0. The molecule has 6 nitrogen and oxygen atoms in total. The average Bonchev–Trinajstić information content (AvgIpc) is 3.00. The predicted octanol–water partition coefficient (Wildman–Crippen LogP) is 4.23. The van der Waals surface area contributed by atoms with Gasteiger partial charge in [-0.15, -0.1) is 0 Å². The number of anilines is 1. The topological polar surface area (TPSA) is 72.7 Å². The van der Waals surface area contributed by atoms with Crippen molar-refractivity contribution >= 4 is 17.2 Å². The zero-order chi connectivity index (χ0) is 20.0. The van der Waals surface area contributed by atoms with E-state index in [9.17, 15) is 14.9 Å². The molecule has 3 heterocycles. The van der Waals surface area contributed by atoms with Gasteiger partial charge in [-0.05, 0) is 45.4 Å². The number of benzene rings is 2. The summed E-state index contributed by atoms with van der Waals surface area (Å²) in [5, 5.41) is 11.3. The molecule has 3 atom stereocenters. The third kappa shape index (κ3) is 1.85. The van der Waals surface area contributed by atoms with Gasteiger partial charge in [-0.25, -0.2) is 0 Å². The van der Waals surface area contributed by atoms with Gasteiger partial charge in [0.05, 0.1) is 16.4 Å². The highest BCUT2D eigenvalue weighted by atomic mass is 16.6. The van der Waals surface area contributed by atoms with Gasteiger partial charge in [0, 0.05) is 35.7 Å². The van der Waals surface area contributed by atoms with Crippen molar-refractivity contribution in [3.8, 4) is 5.75 Å². The zero-order valence-corrected chi connectivity index (χ0v) is 16.4. The number of carbonyl (C=O) groups excluding carboxylic acids is 1. The highest BCUT2D eigenvalue weighted by Crippen LogP contribution is 2.65. The maximum Gasteiger partial charge on any atom is 0.269 e. The SMILES string of the molecule is CC(=O)[C@H]1[C@@H]2C[C@@]3(Oc4ccc([N+](=O)[O-])cc42)N1c1ccc(C)cc1C3(C)C. The quantitative estimate of drug-likeness (QED) is 0.577. The number of Topliss-reactive ketones (excluding diaryl/α,β-unsaturated/α-hetero) is 1. The number of ether oxygens (including phenoxy) is 1. The van der Waals surface area contributed by atoms with Crippen molar-refractivity contribution in [3.63, 3.8) is 0 Å². The lowest BCUT2D eigenvalue weighted by molar-refractivity contribution is -0.385. The van der Waals surface area contributed by atoms with E-state index in [0.717, 1.165) is 11.3 Å². The van der Waals surface area contributed by atoms with Crippen LogP contribution in [0, 0.1) is 17.0 Å². The van der Waals surface area contributed by atoms with Crippen LogP contribution in [0.5, 0.6) is 5.75 Å². The minimum absolute atomic E-state index is 0.0305. The molecule has 3 aliphatic rings. The van der Waals surface area contributed by atoms with Gasteiger partial charge in [-0.2, -0.15) is 0 Å². The lowest BCUT2D eigenvalue weighted by atomic mass is 9.72. The number of non-ortho nitro benzene ring substituents is 1. The Bertz CT molecular complexity index is 1060. The molecule has 3 aliphatic heterocycles. The van der Waals surface area contributed by atoms with Gasteiger partial charge in [0.25, 0.3) is 5.69 Å². The molecule has 0 amide bonds. The number of hydrogen-bond acceptors (Lipinski definition) is 5. The van der Waals surface area contributed by atoms with Crippen LogP contribution in [0.25, 0.3) is 0 Å². The van der Waals surface area contributed by atoms with Gasteiger partial charge in [0.1, 0.15) is 5.75 Å². The smallest absolute Gasteiger partial charge is 0.269 e. The van der Waals surface area contributed by atoms with Crippen LogP contribution in [0.2, 0.25) is 0 Å². The van der Waals surface area contributed by atoms with Gasteiger partial charge in [-0.3, -0.25) is 14.9 Å². The van der Waals surface area contributed by atoms with E-state index in [1.165, 1.54) is 17.2 Å². The Labute approximate surface area is 163 Å². The first-order valence-corrected chi connectivity index (χ1v) is 9.56. The van der Waals surface area contributed by atoms with E-state index < -0.39 is 16.7 Å². The summed E-state index contributed by atoms with van der Waals surface area (Å²) in [7, 11) is 0. The molecule has 0 unspecified atom stereocenters. The van der Waals surface area contributed by atoms with Gasteiger partial charge in [0.2, 0.25) is 0 Å². The molecule has 2 aromatic rings. The fourth-order valence-corrected chi connectivity index (χ4v) is 5.56. The van der Waals surface area contributed by atoms with Crippen LogP contribution < -0.4 is 9.64 Å². The van der Waals surface area contributed by atoms with E-state index in [0.29, 0.717) is 12.2 Å². The Morgan fingerprint density at radius 3 is 2.68 bits per heavy atom. The third-order valence-electron chi connectivity index (χ3n) is 6.91. The predicted molar refractivity (Wildman–Crippen MR) is 105 cm³/mol. The number of aryl methyl sites for hydroxylation is 1. The molecule has 5 rings (SSSR count). The van der Waals surface area contributed by atoms with Gasteiger partial charge in [-0.1, -0.05) is 17.7 Å². The monoisotopic (exact) mass is 378 g/mol. The van der Waals surface area contributed by atoms with E-state index in [1.54, 1.807) is 19.1 Å². The number of nitrogens with zero attached hydrogens (tertiary/aromatic N) is 2. The third-order valence-corrected chi connectivity index (χ3v) is 6.91. The summed E-state index contributed by atoms with van der Waals surface area (Å²) in [6, 6.07) is 10.7. The van der Waals surface area contributed by atoms with E-state index in [1.807, 2.05) is 0 Å². The fraction of sp³-hybridized carbons (Fsp3) is 0.409. The number of hydrogen-bond donors (Lipinski definition) is 0. The van der Waals surface area contributed by atoms with Crippen LogP contribution >= 0.6 is 0 Å². The maximum absolute atomic E-state index is 12.8. The molecule has 2 aromatic carbocycles. The number of nitro groups is 1. The van der Waals surface area contributed by atoms with Crippen molar-refractivity contribution < 1.29 is 14.5 Å². The standard InChI is InChI=1S/C22H22N2O4/c1-12-5-7-18-17(9-12)21(3,4)22-11-16(20(13(2)25)23(18)22)15-10-14(24(26)27)6-8-19(15)28-22/h5-10,16,20H,11H2,1-4H3/t16-,20+,22+/m1/s1. The molecule has 1 spiro atoms. The second kappa shape index (κ2) is 5.13. The molecule has 1 fully saturated rings.